The first-order chi connectivity index (χ1) is 12.0. The second-order valence-electron chi connectivity index (χ2n) is 5.88. The molecular formula is C16H17ClF3N3O3. The molecule has 6 nitrogen and oxygen atoms in total. The average Bonchev–Trinajstić information content (AvgIpc) is 2.82. The molecule has 0 radical (unpaired) electrons. The van der Waals surface area contributed by atoms with E-state index >= 15 is 0 Å². The lowest BCUT2D eigenvalue weighted by Gasteiger charge is -2.27. The Bertz CT molecular complexity index is 741. The Morgan fingerprint density at radius 3 is 2.58 bits per heavy atom. The van der Waals surface area contributed by atoms with E-state index < -0.39 is 42.1 Å². The first kappa shape index (κ1) is 20.0. The molecule has 26 heavy (non-hydrogen) atoms. The zero-order chi connectivity index (χ0) is 19.7. The van der Waals surface area contributed by atoms with Crippen molar-refractivity contribution >= 4 is 29.4 Å². The number of hydrogen-bond acceptors (Lipinski definition) is 3. The van der Waals surface area contributed by atoms with Crippen molar-refractivity contribution in [1.29, 1.82) is 0 Å². The van der Waals surface area contributed by atoms with E-state index in [4.69, 9.17) is 11.6 Å². The summed E-state index contributed by atoms with van der Waals surface area (Å²) in [6.07, 6.45) is -4.42. The van der Waals surface area contributed by atoms with E-state index in [1.807, 2.05) is 0 Å². The second kappa shape index (κ2) is 7.14. The summed E-state index contributed by atoms with van der Waals surface area (Å²) in [5.41, 5.74) is -1.00. The predicted octanol–water partition coefficient (Wildman–Crippen LogP) is 2.56. The fourth-order valence-corrected chi connectivity index (χ4v) is 2.98. The third kappa shape index (κ3) is 3.77. The molecule has 1 aliphatic rings. The number of halogens is 4. The summed E-state index contributed by atoms with van der Waals surface area (Å²) < 4.78 is 36.8. The summed E-state index contributed by atoms with van der Waals surface area (Å²) in [5.74, 6) is -1.80. The van der Waals surface area contributed by atoms with Crippen LogP contribution in [0, 0.1) is 0 Å². The van der Waals surface area contributed by atoms with Gasteiger partial charge in [-0.15, -0.1) is 0 Å². The molecule has 0 aromatic heterocycles. The van der Waals surface area contributed by atoms with Crippen LogP contribution in [0.5, 0.6) is 0 Å². The Morgan fingerprint density at radius 1 is 1.38 bits per heavy atom. The van der Waals surface area contributed by atoms with Crippen LogP contribution in [0.2, 0.25) is 5.02 Å². The molecule has 142 valence electrons. The largest absolute Gasteiger partial charge is 0.405 e. The van der Waals surface area contributed by atoms with Crippen molar-refractivity contribution in [3.63, 3.8) is 0 Å². The number of carbonyl (C=O) groups is 3. The van der Waals surface area contributed by atoms with Gasteiger partial charge in [0.15, 0.2) is 0 Å². The van der Waals surface area contributed by atoms with Gasteiger partial charge >= 0.3 is 12.2 Å². The van der Waals surface area contributed by atoms with Crippen molar-refractivity contribution in [2.24, 2.45) is 0 Å². The molecule has 1 saturated heterocycles. The molecule has 0 bridgehead atoms. The third-order valence-corrected chi connectivity index (χ3v) is 4.44. The van der Waals surface area contributed by atoms with Crippen LogP contribution >= 0.6 is 11.6 Å². The first-order valence-electron chi connectivity index (χ1n) is 7.78. The maximum absolute atomic E-state index is 12.9. The third-order valence-electron chi connectivity index (χ3n) is 4.20. The van der Waals surface area contributed by atoms with Gasteiger partial charge in [-0.2, -0.15) is 13.2 Å². The number of urea groups is 1. The zero-order valence-electron chi connectivity index (χ0n) is 14.0. The number of amides is 4. The molecule has 10 heteroatoms. The van der Waals surface area contributed by atoms with Gasteiger partial charge in [-0.05, 0) is 31.0 Å². The van der Waals surface area contributed by atoms with E-state index in [2.05, 4.69) is 5.32 Å². The molecule has 2 atom stereocenters. The van der Waals surface area contributed by atoms with Crippen molar-refractivity contribution < 1.29 is 27.6 Å². The molecule has 1 heterocycles. The summed E-state index contributed by atoms with van der Waals surface area (Å²) in [6.45, 7) is 1.30. The van der Waals surface area contributed by atoms with Gasteiger partial charge in [-0.3, -0.25) is 9.59 Å². The van der Waals surface area contributed by atoms with Crippen molar-refractivity contribution in [2.45, 2.75) is 38.0 Å². The van der Waals surface area contributed by atoms with Gasteiger partial charge in [0.2, 0.25) is 5.91 Å². The van der Waals surface area contributed by atoms with Gasteiger partial charge in [-0.25, -0.2) is 9.69 Å². The Labute approximate surface area is 152 Å². The van der Waals surface area contributed by atoms with Crippen LogP contribution in [0.3, 0.4) is 0 Å². The van der Waals surface area contributed by atoms with E-state index in [1.54, 1.807) is 30.4 Å². The summed E-state index contributed by atoms with van der Waals surface area (Å²) in [4.78, 5) is 37.8. The lowest BCUT2D eigenvalue weighted by molar-refractivity contribution is -0.144. The monoisotopic (exact) mass is 391 g/mol. The minimum Gasteiger partial charge on any atom is -0.345 e. The fraction of sp³-hybridized carbons (Fsp3) is 0.438. The minimum atomic E-state index is -4.60. The molecule has 1 aliphatic heterocycles. The summed E-state index contributed by atoms with van der Waals surface area (Å²) >= 11 is 5.95. The highest BCUT2D eigenvalue weighted by atomic mass is 35.5. The van der Waals surface area contributed by atoms with Crippen LogP contribution in [0.4, 0.5) is 18.0 Å². The highest BCUT2D eigenvalue weighted by molar-refractivity contribution is 6.30. The van der Waals surface area contributed by atoms with E-state index in [0.29, 0.717) is 15.5 Å². The maximum atomic E-state index is 12.9. The van der Waals surface area contributed by atoms with Gasteiger partial charge in [0, 0.05) is 5.02 Å². The van der Waals surface area contributed by atoms with Gasteiger partial charge in [-0.1, -0.05) is 30.7 Å². The molecule has 2 rings (SSSR count). The van der Waals surface area contributed by atoms with E-state index in [-0.39, 0.29) is 6.42 Å². The van der Waals surface area contributed by atoms with Gasteiger partial charge in [0.05, 0.1) is 0 Å². The Kier molecular flexibility index (Phi) is 5.50. The Balaban J connectivity index is 2.28. The summed E-state index contributed by atoms with van der Waals surface area (Å²) in [6, 6.07) is 4.06. The fourth-order valence-electron chi connectivity index (χ4n) is 2.79. The van der Waals surface area contributed by atoms with E-state index in [1.165, 1.54) is 13.0 Å². The summed E-state index contributed by atoms with van der Waals surface area (Å²) in [5, 5.41) is 4.57. The molecule has 4 amide bonds. The van der Waals surface area contributed by atoms with Crippen LogP contribution in [0.1, 0.15) is 25.8 Å². The molecule has 0 aliphatic carbocycles. The number of nitrogens with one attached hydrogen (secondary N) is 2. The van der Waals surface area contributed by atoms with Gasteiger partial charge in [0.1, 0.15) is 18.1 Å². The predicted molar refractivity (Wildman–Crippen MR) is 87.3 cm³/mol. The second-order valence-corrected chi connectivity index (χ2v) is 6.32. The zero-order valence-corrected chi connectivity index (χ0v) is 14.7. The minimum absolute atomic E-state index is 0.172. The first-order valence-corrected chi connectivity index (χ1v) is 8.16. The van der Waals surface area contributed by atoms with Crippen LogP contribution in [-0.2, 0) is 15.1 Å². The van der Waals surface area contributed by atoms with Crippen LogP contribution in [0.15, 0.2) is 24.3 Å². The molecule has 0 spiro atoms. The molecule has 2 N–H and O–H groups in total. The van der Waals surface area contributed by atoms with Gasteiger partial charge < -0.3 is 10.6 Å². The highest BCUT2D eigenvalue weighted by Gasteiger charge is 2.53. The smallest absolute Gasteiger partial charge is 0.345 e. The number of alkyl halides is 3. The SMILES string of the molecule is CC[C@@]1(c2cccc(Cl)c2)NC(=O)N([C@H](C)C(=O)NCC(F)(F)F)C1=O. The number of hydrogen-bond donors (Lipinski definition) is 2. The number of benzene rings is 1. The molecule has 0 unspecified atom stereocenters. The molecule has 0 saturated carbocycles. The number of imide groups is 1. The maximum Gasteiger partial charge on any atom is 0.405 e. The molecule has 1 aromatic rings. The van der Waals surface area contributed by atoms with Crippen molar-refractivity contribution in [3.8, 4) is 0 Å². The lowest BCUT2D eigenvalue weighted by atomic mass is 9.87. The topological polar surface area (TPSA) is 78.5 Å². The van der Waals surface area contributed by atoms with Crippen LogP contribution in [-0.4, -0.2) is 41.5 Å². The number of rotatable bonds is 5. The average molecular weight is 392 g/mol. The molecular weight excluding hydrogens is 375 g/mol. The normalized spacial score (nSPS) is 21.5. The van der Waals surface area contributed by atoms with E-state index in [0.717, 1.165) is 0 Å². The Morgan fingerprint density at radius 2 is 2.04 bits per heavy atom. The van der Waals surface area contributed by atoms with Gasteiger partial charge in [0.25, 0.3) is 5.91 Å². The van der Waals surface area contributed by atoms with Crippen molar-refractivity contribution in [1.82, 2.24) is 15.5 Å². The van der Waals surface area contributed by atoms with E-state index in [9.17, 15) is 27.6 Å². The quantitative estimate of drug-likeness (QED) is 0.757. The molecule has 1 aromatic carbocycles. The highest BCUT2D eigenvalue weighted by Crippen LogP contribution is 2.34. The number of nitrogens with zero attached hydrogens (tertiary/aromatic N) is 1. The lowest BCUT2D eigenvalue weighted by Crippen LogP contribution is -2.51. The standard InChI is InChI=1S/C16H17ClF3N3O3/c1-3-15(10-5-4-6-11(17)7-10)13(25)23(14(26)22-15)9(2)12(24)21-8-16(18,19)20/h4-7,9H,3,8H2,1-2H3,(H,21,24)(H,22,26)/t9-,15+/m1/s1. The Hall–Kier alpha value is -2.29. The molecule has 1 fully saturated rings. The van der Waals surface area contributed by atoms with Crippen molar-refractivity contribution in [2.75, 3.05) is 6.54 Å². The summed E-state index contributed by atoms with van der Waals surface area (Å²) in [7, 11) is 0. The number of carbonyl (C=O) groups excluding carboxylic acids is 3. The van der Waals surface area contributed by atoms with Crippen LogP contribution in [0.25, 0.3) is 0 Å². The van der Waals surface area contributed by atoms with Crippen LogP contribution < -0.4 is 10.6 Å². The van der Waals surface area contributed by atoms with Crippen molar-refractivity contribution in [3.05, 3.63) is 34.9 Å².